The van der Waals surface area contributed by atoms with Crippen LogP contribution in [0.2, 0.25) is 0 Å². The van der Waals surface area contributed by atoms with Gasteiger partial charge < -0.3 is 14.8 Å². The molecule has 1 N–H and O–H groups in total. The van der Waals surface area contributed by atoms with Gasteiger partial charge in [-0.15, -0.1) is 6.58 Å². The average molecular weight is 452 g/mol. The fraction of sp³-hybridized carbons (Fsp3) is 0.217. The lowest BCUT2D eigenvalue weighted by atomic mass is 10.1. The second-order valence-corrected chi connectivity index (χ2v) is 7.11. The molecule has 0 saturated heterocycles. The highest BCUT2D eigenvalue weighted by Gasteiger charge is 2.17. The first kappa shape index (κ1) is 22.3. The van der Waals surface area contributed by atoms with E-state index in [4.69, 9.17) is 9.47 Å². The molecule has 33 heavy (non-hydrogen) atoms. The largest absolute Gasteiger partial charge is 0.461 e. The number of halogens is 2. The molecule has 0 radical (unpaired) electrons. The normalized spacial score (nSPS) is 12.0. The fourth-order valence-electron chi connectivity index (χ4n) is 3.22. The molecular formula is C23H22F2N6O2. The smallest absolute Gasteiger partial charge is 0.319 e. The summed E-state index contributed by atoms with van der Waals surface area (Å²) in [5.41, 5.74) is 2.11. The van der Waals surface area contributed by atoms with E-state index in [9.17, 15) is 8.78 Å². The van der Waals surface area contributed by atoms with Gasteiger partial charge in [0.1, 0.15) is 24.1 Å². The van der Waals surface area contributed by atoms with Gasteiger partial charge in [0.05, 0.1) is 36.7 Å². The van der Waals surface area contributed by atoms with Crippen LogP contribution in [0.25, 0.3) is 16.9 Å². The summed E-state index contributed by atoms with van der Waals surface area (Å²) in [4.78, 5) is 13.2. The Labute approximate surface area is 188 Å². The Morgan fingerprint density at radius 2 is 2.09 bits per heavy atom. The van der Waals surface area contributed by atoms with E-state index in [0.29, 0.717) is 41.5 Å². The van der Waals surface area contributed by atoms with Crippen molar-refractivity contribution in [3.05, 3.63) is 78.8 Å². The van der Waals surface area contributed by atoms with E-state index in [1.54, 1.807) is 48.2 Å². The van der Waals surface area contributed by atoms with E-state index in [1.165, 1.54) is 12.1 Å². The lowest BCUT2D eigenvalue weighted by Gasteiger charge is -2.17. The zero-order valence-electron chi connectivity index (χ0n) is 17.9. The van der Waals surface area contributed by atoms with Crippen LogP contribution in [0.4, 0.5) is 14.6 Å². The highest BCUT2D eigenvalue weighted by atomic mass is 19.1. The third kappa shape index (κ3) is 5.29. The van der Waals surface area contributed by atoms with Crippen LogP contribution in [0.15, 0.2) is 61.6 Å². The third-order valence-corrected chi connectivity index (χ3v) is 4.75. The molecule has 10 heteroatoms. The standard InChI is InChI=1S/C23H22F2N6O2/c1-3-9-32-10-11-33-23-29-20(18-14-27-31-8-4-7-26-22(18)31)13-21(30-23)28-15(2)17-6-5-16(24)12-19(17)25/h3-8,12-15H,1,9-11H2,2H3,(H,28,29,30)/t15-/m0/s1. The SMILES string of the molecule is C=CCOCCOc1nc(N[C@@H](C)c2ccc(F)cc2F)cc(-c2cnn3cccnc23)n1. The van der Waals surface area contributed by atoms with Gasteiger partial charge in [0.25, 0.3) is 0 Å². The molecule has 0 unspecified atom stereocenters. The number of rotatable bonds is 10. The highest BCUT2D eigenvalue weighted by molar-refractivity contribution is 5.75. The molecule has 0 aliphatic carbocycles. The quantitative estimate of drug-likeness (QED) is 0.285. The lowest BCUT2D eigenvalue weighted by molar-refractivity contribution is 0.117. The van der Waals surface area contributed by atoms with Crippen LogP contribution in [-0.4, -0.2) is 44.4 Å². The minimum Gasteiger partial charge on any atom is -0.461 e. The molecule has 170 valence electrons. The van der Waals surface area contributed by atoms with E-state index in [2.05, 4.69) is 31.9 Å². The van der Waals surface area contributed by atoms with Gasteiger partial charge in [-0.1, -0.05) is 12.1 Å². The molecule has 0 aliphatic rings. The number of nitrogens with one attached hydrogen (secondary N) is 1. The van der Waals surface area contributed by atoms with Crippen LogP contribution in [0.5, 0.6) is 6.01 Å². The molecular weight excluding hydrogens is 430 g/mol. The maximum absolute atomic E-state index is 14.3. The first-order chi connectivity index (χ1) is 16.0. The molecule has 0 amide bonds. The predicted octanol–water partition coefficient (Wildman–Crippen LogP) is 4.22. The molecule has 0 bridgehead atoms. The third-order valence-electron chi connectivity index (χ3n) is 4.75. The molecule has 0 spiro atoms. The fourth-order valence-corrected chi connectivity index (χ4v) is 3.22. The summed E-state index contributed by atoms with van der Waals surface area (Å²) >= 11 is 0. The second kappa shape index (κ2) is 10.1. The van der Waals surface area contributed by atoms with Crippen molar-refractivity contribution in [2.45, 2.75) is 13.0 Å². The molecule has 0 aliphatic heterocycles. The topological polar surface area (TPSA) is 86.5 Å². The van der Waals surface area contributed by atoms with Gasteiger partial charge in [-0.05, 0) is 19.1 Å². The van der Waals surface area contributed by atoms with Crippen LogP contribution in [0.1, 0.15) is 18.5 Å². The van der Waals surface area contributed by atoms with E-state index in [0.717, 1.165) is 6.07 Å². The predicted molar refractivity (Wildman–Crippen MR) is 119 cm³/mol. The van der Waals surface area contributed by atoms with Gasteiger partial charge >= 0.3 is 6.01 Å². The first-order valence-electron chi connectivity index (χ1n) is 10.3. The van der Waals surface area contributed by atoms with E-state index in [1.807, 2.05) is 0 Å². The molecule has 4 rings (SSSR count). The van der Waals surface area contributed by atoms with Crippen molar-refractivity contribution in [3.8, 4) is 17.3 Å². The summed E-state index contributed by atoms with van der Waals surface area (Å²) in [5, 5.41) is 7.43. The molecule has 3 heterocycles. The van der Waals surface area contributed by atoms with Gasteiger partial charge in [-0.3, -0.25) is 0 Å². The van der Waals surface area contributed by atoms with Gasteiger partial charge in [-0.25, -0.2) is 18.3 Å². The van der Waals surface area contributed by atoms with Crippen molar-refractivity contribution in [2.75, 3.05) is 25.1 Å². The summed E-state index contributed by atoms with van der Waals surface area (Å²) < 4.78 is 40.2. The summed E-state index contributed by atoms with van der Waals surface area (Å²) in [6.45, 7) is 6.31. The monoisotopic (exact) mass is 452 g/mol. The molecule has 3 aromatic heterocycles. The van der Waals surface area contributed by atoms with Crippen LogP contribution in [0, 0.1) is 11.6 Å². The van der Waals surface area contributed by atoms with Crippen LogP contribution >= 0.6 is 0 Å². The Morgan fingerprint density at radius 3 is 2.91 bits per heavy atom. The van der Waals surface area contributed by atoms with E-state index < -0.39 is 17.7 Å². The summed E-state index contributed by atoms with van der Waals surface area (Å²) in [7, 11) is 0. The summed E-state index contributed by atoms with van der Waals surface area (Å²) in [5.74, 6) is -0.886. The van der Waals surface area contributed by atoms with Crippen LogP contribution < -0.4 is 10.1 Å². The zero-order chi connectivity index (χ0) is 23.2. The number of ether oxygens (including phenoxy) is 2. The Bertz CT molecular complexity index is 1260. The molecule has 8 nitrogen and oxygen atoms in total. The van der Waals surface area contributed by atoms with Gasteiger partial charge in [0.15, 0.2) is 5.65 Å². The maximum atomic E-state index is 14.3. The van der Waals surface area contributed by atoms with Crippen molar-refractivity contribution >= 4 is 11.5 Å². The molecule has 4 aromatic rings. The van der Waals surface area contributed by atoms with Crippen molar-refractivity contribution in [3.63, 3.8) is 0 Å². The number of aromatic nitrogens is 5. The van der Waals surface area contributed by atoms with Gasteiger partial charge in [-0.2, -0.15) is 15.1 Å². The Hall–Kier alpha value is -3.92. The van der Waals surface area contributed by atoms with Crippen molar-refractivity contribution in [2.24, 2.45) is 0 Å². The number of anilines is 1. The molecule has 1 aromatic carbocycles. The van der Waals surface area contributed by atoms with Gasteiger partial charge in [0, 0.05) is 30.1 Å². The minimum atomic E-state index is -0.646. The second-order valence-electron chi connectivity index (χ2n) is 7.11. The first-order valence-corrected chi connectivity index (χ1v) is 10.3. The Kier molecular flexibility index (Phi) is 6.84. The number of benzene rings is 1. The Balaban J connectivity index is 1.64. The Morgan fingerprint density at radius 1 is 1.21 bits per heavy atom. The van der Waals surface area contributed by atoms with Crippen molar-refractivity contribution in [1.29, 1.82) is 0 Å². The summed E-state index contributed by atoms with van der Waals surface area (Å²) in [6.07, 6.45) is 6.73. The van der Waals surface area contributed by atoms with E-state index in [-0.39, 0.29) is 12.6 Å². The lowest BCUT2D eigenvalue weighted by Crippen LogP contribution is -2.13. The summed E-state index contributed by atoms with van der Waals surface area (Å²) in [6, 6.07) is 6.54. The van der Waals surface area contributed by atoms with E-state index >= 15 is 0 Å². The van der Waals surface area contributed by atoms with Crippen molar-refractivity contribution < 1.29 is 18.3 Å². The molecule has 0 fully saturated rings. The van der Waals surface area contributed by atoms with Crippen LogP contribution in [-0.2, 0) is 4.74 Å². The molecule has 0 saturated carbocycles. The maximum Gasteiger partial charge on any atom is 0.319 e. The van der Waals surface area contributed by atoms with Crippen molar-refractivity contribution in [1.82, 2.24) is 24.6 Å². The number of hydrogen-bond donors (Lipinski definition) is 1. The van der Waals surface area contributed by atoms with Crippen LogP contribution in [0.3, 0.4) is 0 Å². The number of nitrogens with zero attached hydrogens (tertiary/aromatic N) is 5. The number of fused-ring (bicyclic) bond motifs is 1. The average Bonchev–Trinajstić information content (AvgIpc) is 3.23. The van der Waals surface area contributed by atoms with Gasteiger partial charge in [0.2, 0.25) is 0 Å². The highest BCUT2D eigenvalue weighted by Crippen LogP contribution is 2.28. The number of hydrogen-bond acceptors (Lipinski definition) is 7. The zero-order valence-corrected chi connectivity index (χ0v) is 17.9. The molecule has 1 atom stereocenters. The minimum absolute atomic E-state index is 0.110.